The molecule has 3 rings (SSSR count). The monoisotopic (exact) mass is 427 g/mol. The normalized spacial score (nSPS) is 17.5. The van der Waals surface area contributed by atoms with E-state index in [1.54, 1.807) is 0 Å². The first-order valence-corrected chi connectivity index (χ1v) is 11.1. The zero-order valence-corrected chi connectivity index (χ0v) is 19.4. The molecule has 0 amide bonds. The van der Waals surface area contributed by atoms with E-state index in [9.17, 15) is 0 Å². The van der Waals surface area contributed by atoms with Gasteiger partial charge in [-0.25, -0.2) is 4.98 Å². The number of nitrogens with one attached hydrogen (secondary N) is 1. The van der Waals surface area contributed by atoms with Crippen LogP contribution in [0, 0.1) is 12.3 Å². The van der Waals surface area contributed by atoms with Gasteiger partial charge in [0.25, 0.3) is 0 Å². The largest absolute Gasteiger partial charge is 0.368 e. The summed E-state index contributed by atoms with van der Waals surface area (Å²) in [5.74, 6) is 1.19. The Hall–Kier alpha value is -2.27. The van der Waals surface area contributed by atoms with Gasteiger partial charge in [-0.15, -0.1) is 0 Å². The Labute approximate surface area is 185 Å². The molecule has 1 saturated heterocycles. The molecule has 5 nitrogen and oxygen atoms in total. The molecule has 1 aromatic carbocycles. The highest BCUT2D eigenvalue weighted by Gasteiger charge is 2.26. The molecule has 162 valence electrons. The van der Waals surface area contributed by atoms with Crippen LogP contribution in [0.25, 0.3) is 0 Å². The number of nitrogens with two attached hydrogens (primary N) is 1. The van der Waals surface area contributed by atoms with E-state index in [1.807, 2.05) is 25.1 Å². The van der Waals surface area contributed by atoms with E-state index in [0.717, 1.165) is 65.7 Å². The molecule has 1 unspecified atom stereocenters. The molecule has 6 heteroatoms. The van der Waals surface area contributed by atoms with Crippen LogP contribution >= 0.6 is 11.6 Å². The van der Waals surface area contributed by atoms with Gasteiger partial charge in [0.15, 0.2) is 0 Å². The molecule has 1 aliphatic rings. The maximum absolute atomic E-state index is 6.71. The second kappa shape index (κ2) is 9.25. The lowest BCUT2D eigenvalue weighted by Gasteiger charge is -2.32. The molecular formula is C24H34ClN5. The molecular weight excluding hydrogens is 394 g/mol. The first-order chi connectivity index (χ1) is 14.1. The zero-order chi connectivity index (χ0) is 21.9. The number of nitrogens with zero attached hydrogens (tertiary/aromatic N) is 3. The number of hydrogen-bond donors (Lipinski definition) is 2. The van der Waals surface area contributed by atoms with Crippen molar-refractivity contribution in [1.29, 1.82) is 0 Å². The highest BCUT2D eigenvalue weighted by atomic mass is 35.5. The van der Waals surface area contributed by atoms with Crippen LogP contribution in [0.15, 0.2) is 36.5 Å². The zero-order valence-electron chi connectivity index (χ0n) is 18.6. The molecule has 0 bridgehead atoms. The molecule has 1 atom stereocenters. The molecule has 2 heterocycles. The van der Waals surface area contributed by atoms with Crippen molar-refractivity contribution in [2.45, 2.75) is 65.8 Å². The Morgan fingerprint density at radius 2 is 2.00 bits per heavy atom. The summed E-state index contributed by atoms with van der Waals surface area (Å²) in [6.07, 6.45) is 5.41. The van der Waals surface area contributed by atoms with Crippen LogP contribution in [0.4, 0.5) is 17.5 Å². The smallest absolute Gasteiger partial charge is 0.222 e. The van der Waals surface area contributed by atoms with Crippen LogP contribution in [-0.2, 0) is 0 Å². The van der Waals surface area contributed by atoms with Crippen LogP contribution in [0.2, 0.25) is 5.02 Å². The van der Waals surface area contributed by atoms with Gasteiger partial charge in [0.1, 0.15) is 5.82 Å². The fourth-order valence-corrected chi connectivity index (χ4v) is 4.44. The molecule has 0 aliphatic carbocycles. The average molecular weight is 428 g/mol. The number of hydrogen-bond acceptors (Lipinski definition) is 5. The van der Waals surface area contributed by atoms with Crippen LogP contribution in [0.3, 0.4) is 0 Å². The maximum atomic E-state index is 6.71. The number of benzene rings is 1. The Balaban J connectivity index is 1.93. The fourth-order valence-electron chi connectivity index (χ4n) is 4.19. The fraction of sp³-hybridized carbons (Fsp3) is 0.500. The van der Waals surface area contributed by atoms with Gasteiger partial charge in [-0.2, -0.15) is 4.98 Å². The summed E-state index contributed by atoms with van der Waals surface area (Å²) in [7, 11) is 0. The van der Waals surface area contributed by atoms with Crippen molar-refractivity contribution < 1.29 is 0 Å². The van der Waals surface area contributed by atoms with Crippen LogP contribution < -0.4 is 16.0 Å². The van der Waals surface area contributed by atoms with Gasteiger partial charge in [0.2, 0.25) is 5.95 Å². The Morgan fingerprint density at radius 1 is 1.23 bits per heavy atom. The van der Waals surface area contributed by atoms with E-state index < -0.39 is 0 Å². The maximum Gasteiger partial charge on any atom is 0.222 e. The number of aryl methyl sites for hydroxylation is 1. The Bertz CT molecular complexity index is 883. The van der Waals surface area contributed by atoms with Gasteiger partial charge in [-0.05, 0) is 55.4 Å². The minimum atomic E-state index is 0.145. The topological polar surface area (TPSA) is 67.1 Å². The summed E-state index contributed by atoms with van der Waals surface area (Å²) in [4.78, 5) is 11.1. The summed E-state index contributed by atoms with van der Waals surface area (Å²) >= 11 is 6.71. The summed E-state index contributed by atoms with van der Waals surface area (Å²) in [5.41, 5.74) is 10.2. The van der Waals surface area contributed by atoms with Gasteiger partial charge in [-0.3, -0.25) is 0 Å². The van der Waals surface area contributed by atoms with E-state index in [4.69, 9.17) is 17.3 Å². The molecule has 0 radical (unpaired) electrons. The van der Waals surface area contributed by atoms with Gasteiger partial charge in [-0.1, -0.05) is 51.8 Å². The van der Waals surface area contributed by atoms with Crippen molar-refractivity contribution >= 4 is 29.1 Å². The Morgan fingerprint density at radius 3 is 2.70 bits per heavy atom. The number of anilines is 3. The first-order valence-electron chi connectivity index (χ1n) is 10.7. The molecule has 0 spiro atoms. The highest BCUT2D eigenvalue weighted by molar-refractivity contribution is 6.31. The van der Waals surface area contributed by atoms with E-state index in [-0.39, 0.29) is 11.5 Å². The predicted molar refractivity (Wildman–Crippen MR) is 128 cm³/mol. The second-order valence-electron chi connectivity index (χ2n) is 9.49. The molecule has 30 heavy (non-hydrogen) atoms. The molecule has 3 N–H and O–H groups in total. The van der Waals surface area contributed by atoms with Gasteiger partial charge in [0.05, 0.1) is 6.04 Å². The first kappa shape index (κ1) is 22.4. The van der Waals surface area contributed by atoms with Crippen LogP contribution in [0.5, 0.6) is 0 Å². The molecule has 0 saturated carbocycles. The third-order valence-corrected chi connectivity index (χ3v) is 5.67. The average Bonchev–Trinajstić information content (AvgIpc) is 2.87. The van der Waals surface area contributed by atoms with Crippen molar-refractivity contribution in [3.63, 3.8) is 0 Å². The predicted octanol–water partition coefficient (Wildman–Crippen LogP) is 6.50. The summed E-state index contributed by atoms with van der Waals surface area (Å²) < 4.78 is 0. The van der Waals surface area contributed by atoms with Gasteiger partial charge >= 0.3 is 0 Å². The summed E-state index contributed by atoms with van der Waals surface area (Å²) in [6, 6.07) is 8.32. The number of halogens is 1. The van der Waals surface area contributed by atoms with Crippen molar-refractivity contribution in [2.75, 3.05) is 22.5 Å². The second-order valence-corrected chi connectivity index (χ2v) is 9.89. The van der Waals surface area contributed by atoms with Gasteiger partial charge in [0, 0.05) is 34.7 Å². The quantitative estimate of drug-likeness (QED) is 0.569. The van der Waals surface area contributed by atoms with E-state index in [0.29, 0.717) is 5.95 Å². The minimum absolute atomic E-state index is 0.145. The lowest BCUT2D eigenvalue weighted by Crippen LogP contribution is -2.30. The Kier molecular flexibility index (Phi) is 6.91. The number of allylic oxidation sites excluding steroid dienone is 1. The number of aromatic nitrogens is 2. The molecule has 1 aromatic heterocycles. The van der Waals surface area contributed by atoms with Crippen LogP contribution in [-0.4, -0.2) is 16.5 Å². The van der Waals surface area contributed by atoms with Gasteiger partial charge < -0.3 is 16.0 Å². The van der Waals surface area contributed by atoms with Crippen molar-refractivity contribution in [3.8, 4) is 0 Å². The SMILES string of the molecule is C=C(CC(C)(C)C)Nc1ccc(Cl)c(C2CCCCCN2c2cc(C)nc(N)n2)c1. The van der Waals surface area contributed by atoms with Crippen molar-refractivity contribution in [3.05, 3.63) is 52.8 Å². The molecule has 1 aliphatic heterocycles. The standard InChI is InChI=1S/C24H34ClN5/c1-16-13-22(29-23(26)28-16)30-12-8-6-7-9-21(30)19-14-18(10-11-20(19)25)27-17(2)15-24(3,4)5/h10-11,13-14,21,27H,2,6-9,12,15H2,1,3-5H3,(H2,26,28,29). The molecule has 1 fully saturated rings. The van der Waals surface area contributed by atoms with E-state index in [2.05, 4.69) is 53.6 Å². The molecule has 2 aromatic rings. The third kappa shape index (κ3) is 5.88. The highest BCUT2D eigenvalue weighted by Crippen LogP contribution is 2.38. The van der Waals surface area contributed by atoms with Crippen molar-refractivity contribution in [2.24, 2.45) is 5.41 Å². The van der Waals surface area contributed by atoms with E-state index >= 15 is 0 Å². The minimum Gasteiger partial charge on any atom is -0.368 e. The van der Waals surface area contributed by atoms with Crippen molar-refractivity contribution in [1.82, 2.24) is 9.97 Å². The lowest BCUT2D eigenvalue weighted by molar-refractivity contribution is 0.411. The number of nitrogen functional groups attached to an aromatic ring is 1. The summed E-state index contributed by atoms with van der Waals surface area (Å²) in [6.45, 7) is 13.7. The summed E-state index contributed by atoms with van der Waals surface area (Å²) in [5, 5.41) is 4.25. The number of rotatable bonds is 5. The third-order valence-electron chi connectivity index (χ3n) is 5.32. The van der Waals surface area contributed by atoms with E-state index in [1.165, 1.54) is 6.42 Å². The lowest BCUT2D eigenvalue weighted by atomic mass is 9.91. The van der Waals surface area contributed by atoms with Crippen LogP contribution in [0.1, 0.15) is 70.2 Å².